The lowest BCUT2D eigenvalue weighted by Gasteiger charge is -2.24. The van der Waals surface area contributed by atoms with Gasteiger partial charge in [-0.05, 0) is 91.2 Å². The van der Waals surface area contributed by atoms with Gasteiger partial charge in [0.05, 0.1) is 5.52 Å². The van der Waals surface area contributed by atoms with E-state index in [0.29, 0.717) is 18.7 Å². The highest BCUT2D eigenvalue weighted by molar-refractivity contribution is 6.00. The van der Waals surface area contributed by atoms with Crippen molar-refractivity contribution in [3.63, 3.8) is 0 Å². The second-order valence-corrected chi connectivity index (χ2v) is 15.1. The van der Waals surface area contributed by atoms with Crippen LogP contribution in [0.3, 0.4) is 0 Å². The number of ether oxygens (including phenoxy) is 1. The Hall–Kier alpha value is -6.14. The van der Waals surface area contributed by atoms with Crippen molar-refractivity contribution < 1.29 is 19.1 Å². The first-order chi connectivity index (χ1) is 28.3. The number of fused-ring (bicyclic) bond motifs is 4. The maximum Gasteiger partial charge on any atom is 0.407 e. The molecular weight excluding hydrogens is 729 g/mol. The fourth-order valence-electron chi connectivity index (χ4n) is 8.23. The van der Waals surface area contributed by atoms with Crippen molar-refractivity contribution in [2.75, 3.05) is 38.6 Å². The molecule has 302 valence electrons. The van der Waals surface area contributed by atoms with Gasteiger partial charge in [-0.2, -0.15) is 0 Å². The fourth-order valence-corrected chi connectivity index (χ4v) is 8.23. The van der Waals surface area contributed by atoms with Gasteiger partial charge in [-0.25, -0.2) is 4.79 Å². The first-order valence-electron chi connectivity index (χ1n) is 20.4. The summed E-state index contributed by atoms with van der Waals surface area (Å²) in [5.41, 5.74) is 14.1. The summed E-state index contributed by atoms with van der Waals surface area (Å²) in [5, 5.41) is 13.0. The molecule has 1 aromatic heterocycles. The number of aliphatic imine (C=N–C) groups is 1. The van der Waals surface area contributed by atoms with Gasteiger partial charge in [0, 0.05) is 56.3 Å². The lowest BCUT2D eigenvalue weighted by molar-refractivity contribution is -0.128. The lowest BCUT2D eigenvalue weighted by Crippen LogP contribution is -2.53. The highest BCUT2D eigenvalue weighted by Gasteiger charge is 2.31. The topological polar surface area (TPSA) is 155 Å². The van der Waals surface area contributed by atoms with Gasteiger partial charge >= 0.3 is 6.09 Å². The molecule has 3 amide bonds. The van der Waals surface area contributed by atoms with E-state index in [1.54, 1.807) is 7.05 Å². The third kappa shape index (κ3) is 9.51. The Morgan fingerprint density at radius 3 is 2.24 bits per heavy atom. The number of likely N-dealkylation sites (tertiary alicyclic amines) is 1. The van der Waals surface area contributed by atoms with Crippen LogP contribution in [0.25, 0.3) is 22.0 Å². The summed E-state index contributed by atoms with van der Waals surface area (Å²) in [6, 6.07) is 29.9. The molecule has 0 unspecified atom stereocenters. The number of hydrogen-bond acceptors (Lipinski definition) is 6. The van der Waals surface area contributed by atoms with Gasteiger partial charge in [-0.1, -0.05) is 84.9 Å². The van der Waals surface area contributed by atoms with Gasteiger partial charge in [-0.3, -0.25) is 19.5 Å². The van der Waals surface area contributed by atoms with Gasteiger partial charge in [0.25, 0.3) is 0 Å². The summed E-state index contributed by atoms with van der Waals surface area (Å²) in [5.74, 6) is -0.723. The summed E-state index contributed by atoms with van der Waals surface area (Å²) >= 11 is 0. The van der Waals surface area contributed by atoms with Crippen LogP contribution in [0, 0.1) is 0 Å². The zero-order chi connectivity index (χ0) is 40.4. The molecule has 1 fully saturated rings. The van der Waals surface area contributed by atoms with Crippen LogP contribution in [0.4, 0.5) is 10.5 Å². The van der Waals surface area contributed by atoms with E-state index < -0.39 is 24.1 Å². The van der Waals surface area contributed by atoms with Crippen LogP contribution < -0.4 is 27.0 Å². The Morgan fingerprint density at radius 2 is 1.55 bits per heavy atom. The minimum atomic E-state index is -0.999. The van der Waals surface area contributed by atoms with Gasteiger partial charge in [-0.15, -0.1) is 0 Å². The molecule has 6 N–H and O–H groups in total. The molecule has 7 rings (SSSR count). The molecule has 58 heavy (non-hydrogen) atoms. The van der Waals surface area contributed by atoms with Crippen LogP contribution >= 0.6 is 0 Å². The number of guanidine groups is 1. The number of benzene rings is 4. The van der Waals surface area contributed by atoms with E-state index in [4.69, 9.17) is 10.5 Å². The number of nitrogens with two attached hydrogens (primary N) is 1. The Bertz CT molecular complexity index is 2200. The first-order valence-corrected chi connectivity index (χ1v) is 20.4. The lowest BCUT2D eigenvalue weighted by atomic mass is 9.98. The molecule has 1 saturated heterocycles. The van der Waals surface area contributed by atoms with Crippen LogP contribution in [0.1, 0.15) is 60.8 Å². The van der Waals surface area contributed by atoms with E-state index in [9.17, 15) is 14.4 Å². The quantitative estimate of drug-likeness (QED) is 0.0458. The van der Waals surface area contributed by atoms with Gasteiger partial charge < -0.3 is 36.3 Å². The molecule has 0 bridgehead atoms. The van der Waals surface area contributed by atoms with E-state index in [0.717, 1.165) is 59.5 Å². The van der Waals surface area contributed by atoms with E-state index in [1.165, 1.54) is 23.8 Å². The molecule has 5 aromatic rings. The molecule has 0 radical (unpaired) electrons. The van der Waals surface area contributed by atoms with Crippen molar-refractivity contribution in [1.29, 1.82) is 0 Å². The van der Waals surface area contributed by atoms with Crippen LogP contribution in [0.5, 0.6) is 0 Å². The molecule has 0 saturated carbocycles. The maximum atomic E-state index is 14.2. The van der Waals surface area contributed by atoms with E-state index in [2.05, 4.69) is 79.2 Å². The van der Waals surface area contributed by atoms with E-state index >= 15 is 0 Å². The van der Waals surface area contributed by atoms with Crippen molar-refractivity contribution in [2.24, 2.45) is 10.7 Å². The molecule has 1 aliphatic heterocycles. The highest BCUT2D eigenvalue weighted by atomic mass is 16.5. The summed E-state index contributed by atoms with van der Waals surface area (Å²) in [6.45, 7) is 6.57. The average molecular weight is 783 g/mol. The number of anilines is 1. The highest BCUT2D eigenvalue weighted by Crippen LogP contribution is 2.44. The number of hydrogen-bond donors (Lipinski definition) is 5. The molecular formula is C46H54N8O4. The van der Waals surface area contributed by atoms with Crippen molar-refractivity contribution in [2.45, 2.75) is 70.1 Å². The number of amides is 3. The summed E-state index contributed by atoms with van der Waals surface area (Å²) in [4.78, 5) is 48.2. The van der Waals surface area contributed by atoms with Crippen LogP contribution in [0.15, 0.2) is 108 Å². The van der Waals surface area contributed by atoms with Crippen molar-refractivity contribution in [3.8, 4) is 11.1 Å². The van der Waals surface area contributed by atoms with Crippen molar-refractivity contribution in [3.05, 3.63) is 126 Å². The Morgan fingerprint density at radius 1 is 0.862 bits per heavy atom. The zero-order valence-electron chi connectivity index (χ0n) is 33.4. The molecule has 1 aliphatic carbocycles. The van der Waals surface area contributed by atoms with Crippen molar-refractivity contribution >= 4 is 40.5 Å². The minimum Gasteiger partial charge on any atom is -0.449 e. The predicted octanol–water partition coefficient (Wildman–Crippen LogP) is 6.14. The number of carbonyl (C=O) groups is 3. The summed E-state index contributed by atoms with van der Waals surface area (Å²) in [7, 11) is 1.58. The largest absolute Gasteiger partial charge is 0.449 e. The first kappa shape index (κ1) is 40.1. The molecule has 12 nitrogen and oxygen atoms in total. The standard InChI is InChI=1S/C46H54N8O4/c1-3-54-29-32(28-53-24-11-12-25-53)34-22-21-33(27-42(34)54)50-44(56)41(26-31-14-5-4-6-15-31)51-43(55)40(20-13-23-49-45(47)48-2)52-46(57)58-30-39-37-18-9-7-16-35(37)36-17-8-10-19-38(36)39/h4-10,14-19,21-22,27,29,39-41H,3,11-13,20,23-26,28,30H2,1-2H3,(H,50,56)(H,51,55)(H,52,57)(H3,47,48,49)/t40-,41-/m0/s1. The minimum absolute atomic E-state index is 0.101. The number of nitrogens with one attached hydrogen (secondary N) is 4. The Labute approximate surface area is 340 Å². The maximum absolute atomic E-state index is 14.2. The number of aromatic nitrogens is 1. The monoisotopic (exact) mass is 782 g/mol. The molecule has 4 aromatic carbocycles. The molecule has 2 atom stereocenters. The third-order valence-electron chi connectivity index (χ3n) is 11.3. The SMILES string of the molecule is CCn1cc(CN2CCCC2)c2ccc(NC(=O)[C@H](Cc3ccccc3)NC(=O)[C@H](CCCNC(N)=NC)NC(=O)OCC3c4ccccc4-c4ccccc43)cc21. The fraction of sp³-hybridized carbons (Fsp3) is 0.348. The molecule has 0 spiro atoms. The summed E-state index contributed by atoms with van der Waals surface area (Å²) in [6.07, 6.45) is 4.94. The molecule has 2 aliphatic rings. The third-order valence-corrected chi connectivity index (χ3v) is 11.3. The Balaban J connectivity index is 1.07. The van der Waals surface area contributed by atoms with Crippen LogP contribution in [-0.4, -0.2) is 78.7 Å². The number of rotatable bonds is 16. The normalized spacial score (nSPS) is 15.0. The van der Waals surface area contributed by atoms with Crippen molar-refractivity contribution in [1.82, 2.24) is 25.4 Å². The number of aryl methyl sites for hydroxylation is 1. The van der Waals surface area contributed by atoms with Gasteiger partial charge in [0.1, 0.15) is 18.7 Å². The van der Waals surface area contributed by atoms with E-state index in [1.807, 2.05) is 66.7 Å². The predicted molar refractivity (Wildman–Crippen MR) is 230 cm³/mol. The smallest absolute Gasteiger partial charge is 0.407 e. The average Bonchev–Trinajstić information content (AvgIpc) is 3.97. The van der Waals surface area contributed by atoms with E-state index in [-0.39, 0.29) is 37.2 Å². The molecule has 12 heteroatoms. The number of alkyl carbamates (subject to hydrolysis) is 1. The second-order valence-electron chi connectivity index (χ2n) is 15.1. The zero-order valence-corrected chi connectivity index (χ0v) is 33.4. The van der Waals surface area contributed by atoms with Crippen LogP contribution in [-0.2, 0) is 33.8 Å². The number of nitrogens with zero attached hydrogens (tertiary/aromatic N) is 3. The Kier molecular flexibility index (Phi) is 13.0. The summed E-state index contributed by atoms with van der Waals surface area (Å²) < 4.78 is 8.05. The van der Waals surface area contributed by atoms with Crippen LogP contribution in [0.2, 0.25) is 0 Å². The molecule has 2 heterocycles. The second kappa shape index (κ2) is 18.9. The van der Waals surface area contributed by atoms with Gasteiger partial charge in [0.2, 0.25) is 11.8 Å². The van der Waals surface area contributed by atoms with Gasteiger partial charge in [0.15, 0.2) is 5.96 Å². The number of carbonyl (C=O) groups excluding carboxylic acids is 3.